The highest BCUT2D eigenvalue weighted by atomic mass is 28.4. The number of esters is 3. The molecule has 3 aromatic rings. The van der Waals surface area contributed by atoms with Gasteiger partial charge in [-0.3, -0.25) is 9.59 Å². The molecule has 3 aromatic carbocycles. The fourth-order valence-corrected chi connectivity index (χ4v) is 15.1. The number of aliphatic hydroxyl groups excluding tert-OH is 2. The number of benzene rings is 3. The van der Waals surface area contributed by atoms with Crippen LogP contribution in [0.2, 0.25) is 18.1 Å². The third kappa shape index (κ3) is 8.25. The van der Waals surface area contributed by atoms with Crippen molar-refractivity contribution in [3.05, 3.63) is 119 Å². The molecule has 2 saturated carbocycles. The highest BCUT2D eigenvalue weighted by Crippen LogP contribution is 2.66. The first-order chi connectivity index (χ1) is 31.2. The maximum Gasteiger partial charge on any atom is 0.338 e. The van der Waals surface area contributed by atoms with E-state index in [1.807, 2.05) is 27.7 Å². The molecule has 356 valence electrons. The molecule has 3 fully saturated rings. The first-order valence-corrected chi connectivity index (χ1v) is 25.9. The van der Waals surface area contributed by atoms with E-state index in [-0.39, 0.29) is 25.0 Å². The summed E-state index contributed by atoms with van der Waals surface area (Å²) in [6.07, 6.45) is -7.42. The van der Waals surface area contributed by atoms with Crippen LogP contribution in [0.25, 0.3) is 0 Å². The monoisotopic (exact) mass is 925 g/mol. The molecule has 1 unspecified atom stereocenters. The molecule has 7 rings (SSSR count). The minimum absolute atomic E-state index is 0.0962. The molecule has 0 spiro atoms. The zero-order chi connectivity index (χ0) is 48.0. The molecule has 0 aromatic heterocycles. The Labute approximate surface area is 389 Å². The molecule has 12 atom stereocenters. The van der Waals surface area contributed by atoms with Crippen LogP contribution in [0, 0.1) is 22.7 Å². The Kier molecular flexibility index (Phi) is 14.0. The van der Waals surface area contributed by atoms with Crippen molar-refractivity contribution >= 4 is 32.1 Å². The van der Waals surface area contributed by atoms with Crippen molar-refractivity contribution in [3.8, 4) is 0 Å². The number of fused-ring (bicyclic) bond motifs is 5. The Balaban J connectivity index is 1.39. The van der Waals surface area contributed by atoms with Crippen molar-refractivity contribution in [2.75, 3.05) is 6.61 Å². The number of aliphatic hydroxyl groups is 3. The van der Waals surface area contributed by atoms with Crippen molar-refractivity contribution < 1.29 is 57.9 Å². The summed E-state index contributed by atoms with van der Waals surface area (Å²) in [4.78, 5) is 56.0. The third-order valence-corrected chi connectivity index (χ3v) is 20.7. The molecule has 3 aliphatic carbocycles. The Morgan fingerprint density at radius 2 is 1.42 bits per heavy atom. The zero-order valence-corrected chi connectivity index (χ0v) is 40.6. The minimum atomic E-state index is -2.46. The summed E-state index contributed by atoms with van der Waals surface area (Å²) in [5, 5.41) is 42.1. The van der Waals surface area contributed by atoms with Gasteiger partial charge in [-0.2, -0.15) is 0 Å². The van der Waals surface area contributed by atoms with Gasteiger partial charge in [0.25, 0.3) is 5.91 Å². The van der Waals surface area contributed by atoms with Crippen LogP contribution in [0.3, 0.4) is 0 Å². The molecule has 1 saturated heterocycles. The lowest BCUT2D eigenvalue weighted by molar-refractivity contribution is -0.361. The summed E-state index contributed by atoms with van der Waals surface area (Å²) < 4.78 is 33.1. The van der Waals surface area contributed by atoms with E-state index in [9.17, 15) is 34.5 Å². The lowest BCUT2D eigenvalue weighted by Gasteiger charge is -2.70. The molecule has 1 amide bonds. The summed E-state index contributed by atoms with van der Waals surface area (Å²) in [5.74, 6) is -4.84. The molecule has 0 radical (unpaired) electrons. The van der Waals surface area contributed by atoms with Crippen LogP contribution in [0.15, 0.2) is 102 Å². The van der Waals surface area contributed by atoms with Crippen LogP contribution < -0.4 is 5.32 Å². The normalized spacial score (nSPS) is 32.2. The predicted molar refractivity (Wildman–Crippen MR) is 248 cm³/mol. The van der Waals surface area contributed by atoms with E-state index in [0.717, 1.165) is 18.1 Å². The van der Waals surface area contributed by atoms with E-state index in [1.54, 1.807) is 97.9 Å². The quantitative estimate of drug-likeness (QED) is 0.0550. The molecular weight excluding hydrogens is 859 g/mol. The van der Waals surface area contributed by atoms with Gasteiger partial charge in [-0.05, 0) is 60.5 Å². The second-order valence-corrected chi connectivity index (χ2v) is 24.4. The molecule has 13 nitrogen and oxygen atoms in total. The molecule has 4 aliphatic rings. The Bertz CT molecular complexity index is 2280. The summed E-state index contributed by atoms with van der Waals surface area (Å²) in [6, 6.07) is 26.6. The number of hydrogen-bond acceptors (Lipinski definition) is 12. The van der Waals surface area contributed by atoms with Gasteiger partial charge in [0.2, 0.25) is 0 Å². The van der Waals surface area contributed by atoms with E-state index < -0.39 is 109 Å². The predicted octanol–water partition coefficient (Wildman–Crippen LogP) is 7.26. The molecule has 66 heavy (non-hydrogen) atoms. The van der Waals surface area contributed by atoms with Gasteiger partial charge < -0.3 is 44.0 Å². The maximum absolute atomic E-state index is 14.6. The van der Waals surface area contributed by atoms with Crippen molar-refractivity contribution in [1.82, 2.24) is 5.32 Å². The number of hydrogen-bond donors (Lipinski definition) is 4. The van der Waals surface area contributed by atoms with Gasteiger partial charge in [0, 0.05) is 42.1 Å². The number of carbonyl (C=O) groups excluding carboxylic acids is 4. The average Bonchev–Trinajstić information content (AvgIpc) is 3.31. The van der Waals surface area contributed by atoms with Gasteiger partial charge in [0.1, 0.15) is 23.9 Å². The fraction of sp³-hybridized carbons (Fsp3) is 0.538. The van der Waals surface area contributed by atoms with Gasteiger partial charge in [0.05, 0.1) is 36.3 Å². The zero-order valence-electron chi connectivity index (χ0n) is 39.6. The first kappa shape index (κ1) is 49.2. The van der Waals surface area contributed by atoms with Crippen molar-refractivity contribution in [2.24, 2.45) is 22.7 Å². The standard InChI is InChI=1S/C52H67NO12Si/c1-10-66(11-2,12-3)65-38-28-39-51(30-61-39,64-33(6)54)43-45(63-47(58)36-26-20-15-21-27-36)52(60)29-37(31(4)40(49(52,7)8)32(5)44(56)50(38,43)9)62-48(59)42(55)41(34-22-16-13-17-23-34)53-46(57)35-24-18-14-19-25-35/h13-27,32,37-39,41-45,55-56,60H,10-12,28-30H2,1-9H3,(H,53,57)/t32-,37-,38?,39+,41-,42+,43-,44-,45-,50+,51-,52+/m0/s1. The van der Waals surface area contributed by atoms with Gasteiger partial charge in [-0.25, -0.2) is 9.59 Å². The number of amides is 1. The number of rotatable bonds is 14. The van der Waals surface area contributed by atoms with Crippen LogP contribution in [-0.4, -0.2) is 102 Å². The molecule has 1 aliphatic heterocycles. The highest BCUT2D eigenvalue weighted by Gasteiger charge is 2.78. The fourth-order valence-electron chi connectivity index (χ4n) is 12.1. The lowest BCUT2D eigenvalue weighted by Crippen LogP contribution is -2.82. The van der Waals surface area contributed by atoms with E-state index >= 15 is 0 Å². The van der Waals surface area contributed by atoms with Gasteiger partial charge in [-0.1, -0.05) is 121 Å². The molecule has 2 bridgehead atoms. The van der Waals surface area contributed by atoms with E-state index in [0.29, 0.717) is 22.3 Å². The van der Waals surface area contributed by atoms with Gasteiger partial charge in [0.15, 0.2) is 20.0 Å². The Hall–Kier alpha value is -4.70. The third-order valence-electron chi connectivity index (χ3n) is 16.1. The van der Waals surface area contributed by atoms with Crippen molar-refractivity contribution in [1.29, 1.82) is 0 Å². The Morgan fingerprint density at radius 3 is 1.95 bits per heavy atom. The summed E-state index contributed by atoms with van der Waals surface area (Å²) in [6.45, 7) is 16.8. The largest absolute Gasteiger partial charge is 0.456 e. The second-order valence-electron chi connectivity index (χ2n) is 19.7. The maximum atomic E-state index is 14.6. The topological polar surface area (TPSA) is 187 Å². The summed E-state index contributed by atoms with van der Waals surface area (Å²) in [5.41, 5.74) is -4.14. The smallest absolute Gasteiger partial charge is 0.338 e. The van der Waals surface area contributed by atoms with Crippen LogP contribution in [0.1, 0.15) is 107 Å². The number of nitrogens with one attached hydrogen (secondary N) is 1. The molecular formula is C52H67NO12Si. The van der Waals surface area contributed by atoms with Gasteiger partial charge in [-0.15, -0.1) is 0 Å². The molecule has 4 N–H and O–H groups in total. The number of ether oxygens (including phenoxy) is 4. The van der Waals surface area contributed by atoms with Crippen LogP contribution in [-0.2, 0) is 33.0 Å². The van der Waals surface area contributed by atoms with Crippen LogP contribution in [0.4, 0.5) is 0 Å². The van der Waals surface area contributed by atoms with Crippen LogP contribution in [0.5, 0.6) is 0 Å². The van der Waals surface area contributed by atoms with Crippen molar-refractivity contribution in [3.63, 3.8) is 0 Å². The van der Waals surface area contributed by atoms with Crippen molar-refractivity contribution in [2.45, 2.75) is 147 Å². The highest BCUT2D eigenvalue weighted by molar-refractivity contribution is 6.73. The van der Waals surface area contributed by atoms with Crippen LogP contribution >= 0.6 is 0 Å². The lowest BCUT2D eigenvalue weighted by atomic mass is 9.43. The SMILES string of the molecule is CC[Si](CC)(CC)OC1C[C@H]2OC[C@@]2(OC(C)=O)[C@H]2[C@H](OC(=O)c3ccccc3)[C@]3(O)C[C@H](OC(=O)[C@H](O)[C@@H](NC(=O)c4ccccc4)c4ccccc4)C(C)=C([C@H](C)[C@H](O)[C@]12C)C3(C)C. The van der Waals surface area contributed by atoms with E-state index in [1.165, 1.54) is 6.92 Å². The second kappa shape index (κ2) is 18.8. The number of carbonyl (C=O) groups is 4. The van der Waals surface area contributed by atoms with Gasteiger partial charge >= 0.3 is 17.9 Å². The Morgan fingerprint density at radius 1 is 0.864 bits per heavy atom. The first-order valence-electron chi connectivity index (χ1n) is 23.4. The van der Waals surface area contributed by atoms with E-state index in [4.69, 9.17) is 23.4 Å². The molecule has 14 heteroatoms. The summed E-state index contributed by atoms with van der Waals surface area (Å²) in [7, 11) is -2.46. The minimum Gasteiger partial charge on any atom is -0.456 e. The average molecular weight is 926 g/mol. The van der Waals surface area contributed by atoms with E-state index in [2.05, 4.69) is 26.1 Å². The molecule has 1 heterocycles. The summed E-state index contributed by atoms with van der Waals surface area (Å²) >= 11 is 0.